The van der Waals surface area contributed by atoms with E-state index in [9.17, 15) is 14.7 Å². The fourth-order valence-corrected chi connectivity index (χ4v) is 3.25. The molecule has 0 aliphatic carbocycles. The third-order valence-corrected chi connectivity index (χ3v) is 4.74. The minimum absolute atomic E-state index is 0.114. The van der Waals surface area contributed by atoms with Gasteiger partial charge in [-0.25, -0.2) is 0 Å². The van der Waals surface area contributed by atoms with E-state index in [4.69, 9.17) is 0 Å². The molecule has 0 unspecified atom stereocenters. The molecule has 7 heteroatoms. The molecule has 2 aromatic rings. The zero-order chi connectivity index (χ0) is 19.4. The lowest BCUT2D eigenvalue weighted by Gasteiger charge is -2.36. The second kappa shape index (κ2) is 8.18. The number of para-hydroxylation sites is 1. The fourth-order valence-electron chi connectivity index (χ4n) is 3.25. The van der Waals surface area contributed by atoms with E-state index in [1.54, 1.807) is 35.5 Å². The van der Waals surface area contributed by atoms with Crippen molar-refractivity contribution in [1.82, 2.24) is 15.2 Å². The van der Waals surface area contributed by atoms with Crippen molar-refractivity contribution >= 4 is 17.5 Å². The number of pyridine rings is 1. The molecule has 2 amide bonds. The highest BCUT2D eigenvalue weighted by Gasteiger charge is 2.32. The van der Waals surface area contributed by atoms with E-state index in [0.29, 0.717) is 24.1 Å². The van der Waals surface area contributed by atoms with Gasteiger partial charge in [0.1, 0.15) is 0 Å². The Morgan fingerprint density at radius 1 is 1.19 bits per heavy atom. The standard InChI is InChI=1S/C20H24N4O3/c1-23(2)17-6-4-3-5-15(17)20(27)24-12-9-16(18(25)13-24)22-19(26)14-7-10-21-11-8-14/h3-8,10-11,16,18,25H,9,12-13H2,1-2H3,(H,22,26)/t16-,18-/m1/s1. The van der Waals surface area contributed by atoms with Crippen molar-refractivity contribution in [2.75, 3.05) is 32.1 Å². The highest BCUT2D eigenvalue weighted by Crippen LogP contribution is 2.22. The number of benzene rings is 1. The number of anilines is 1. The smallest absolute Gasteiger partial charge is 0.256 e. The third kappa shape index (κ3) is 4.25. The summed E-state index contributed by atoms with van der Waals surface area (Å²) < 4.78 is 0. The minimum atomic E-state index is -0.819. The molecule has 27 heavy (non-hydrogen) atoms. The number of rotatable bonds is 4. The molecule has 142 valence electrons. The van der Waals surface area contributed by atoms with Gasteiger partial charge in [-0.3, -0.25) is 14.6 Å². The van der Waals surface area contributed by atoms with Gasteiger partial charge in [0.25, 0.3) is 11.8 Å². The van der Waals surface area contributed by atoms with Crippen molar-refractivity contribution in [3.63, 3.8) is 0 Å². The number of nitrogens with one attached hydrogen (secondary N) is 1. The van der Waals surface area contributed by atoms with Crippen LogP contribution in [0.15, 0.2) is 48.8 Å². The first kappa shape index (κ1) is 18.8. The second-order valence-corrected chi connectivity index (χ2v) is 6.83. The Hall–Kier alpha value is -2.93. The molecule has 0 spiro atoms. The predicted octanol–water partition coefficient (Wildman–Crippen LogP) is 1.15. The molecule has 7 nitrogen and oxygen atoms in total. The first-order chi connectivity index (χ1) is 13.0. The van der Waals surface area contributed by atoms with Crippen LogP contribution in [0.25, 0.3) is 0 Å². The van der Waals surface area contributed by atoms with Crippen LogP contribution < -0.4 is 10.2 Å². The number of hydrogen-bond acceptors (Lipinski definition) is 5. The molecule has 1 aromatic carbocycles. The molecule has 0 radical (unpaired) electrons. The monoisotopic (exact) mass is 368 g/mol. The first-order valence-electron chi connectivity index (χ1n) is 8.92. The molecule has 0 bridgehead atoms. The van der Waals surface area contributed by atoms with Crippen molar-refractivity contribution in [3.8, 4) is 0 Å². The summed E-state index contributed by atoms with van der Waals surface area (Å²) in [5.74, 6) is -0.364. The van der Waals surface area contributed by atoms with E-state index in [2.05, 4.69) is 10.3 Å². The SMILES string of the molecule is CN(C)c1ccccc1C(=O)N1CC[C@@H](NC(=O)c2ccncc2)[C@H](O)C1. The molecule has 3 rings (SSSR count). The molecular formula is C20H24N4O3. The Morgan fingerprint density at radius 3 is 2.56 bits per heavy atom. The van der Waals surface area contributed by atoms with Crippen LogP contribution in [-0.2, 0) is 0 Å². The van der Waals surface area contributed by atoms with Gasteiger partial charge in [-0.1, -0.05) is 12.1 Å². The zero-order valence-corrected chi connectivity index (χ0v) is 15.5. The van der Waals surface area contributed by atoms with Crippen molar-refractivity contribution in [2.45, 2.75) is 18.6 Å². The number of likely N-dealkylation sites (tertiary alicyclic amines) is 1. The molecule has 1 saturated heterocycles. The number of carbonyl (C=O) groups is 2. The quantitative estimate of drug-likeness (QED) is 0.846. The Kier molecular flexibility index (Phi) is 5.71. The fraction of sp³-hybridized carbons (Fsp3) is 0.350. The summed E-state index contributed by atoms with van der Waals surface area (Å²) in [6.45, 7) is 0.654. The summed E-state index contributed by atoms with van der Waals surface area (Å²) >= 11 is 0. The number of aliphatic hydroxyl groups excluding tert-OH is 1. The number of aliphatic hydroxyl groups is 1. The van der Waals surface area contributed by atoms with Crippen LogP contribution in [0.3, 0.4) is 0 Å². The van der Waals surface area contributed by atoms with Gasteiger partial charge >= 0.3 is 0 Å². The Bertz CT molecular complexity index is 810. The minimum Gasteiger partial charge on any atom is -0.389 e. The van der Waals surface area contributed by atoms with Crippen LogP contribution in [0.4, 0.5) is 5.69 Å². The number of β-amino-alcohol motifs (C(OH)–C–C–N with tert-alkyl or cyclic N) is 1. The number of carbonyl (C=O) groups excluding carboxylic acids is 2. The van der Waals surface area contributed by atoms with Crippen molar-refractivity contribution < 1.29 is 14.7 Å². The maximum absolute atomic E-state index is 12.9. The molecule has 1 aliphatic heterocycles. The largest absolute Gasteiger partial charge is 0.389 e. The maximum atomic E-state index is 12.9. The van der Waals surface area contributed by atoms with Gasteiger partial charge in [0, 0.05) is 50.8 Å². The molecule has 1 aliphatic rings. The maximum Gasteiger partial charge on any atom is 0.256 e. The summed E-state index contributed by atoms with van der Waals surface area (Å²) in [4.78, 5) is 32.6. The number of nitrogens with zero attached hydrogens (tertiary/aromatic N) is 3. The molecule has 1 aromatic heterocycles. The van der Waals surface area contributed by atoms with Gasteiger partial charge in [-0.15, -0.1) is 0 Å². The predicted molar refractivity (Wildman–Crippen MR) is 103 cm³/mol. The van der Waals surface area contributed by atoms with Gasteiger partial charge in [0.15, 0.2) is 0 Å². The first-order valence-corrected chi connectivity index (χ1v) is 8.92. The molecule has 2 N–H and O–H groups in total. The molecular weight excluding hydrogens is 344 g/mol. The van der Waals surface area contributed by atoms with Crippen molar-refractivity contribution in [3.05, 3.63) is 59.9 Å². The molecule has 1 fully saturated rings. The van der Waals surface area contributed by atoms with Gasteiger partial charge in [0.2, 0.25) is 0 Å². The highest BCUT2D eigenvalue weighted by molar-refractivity contribution is 6.00. The van der Waals surface area contributed by atoms with Crippen LogP contribution in [0.2, 0.25) is 0 Å². The Labute approximate surface area is 158 Å². The molecule has 0 saturated carbocycles. The van der Waals surface area contributed by atoms with Crippen LogP contribution in [0.5, 0.6) is 0 Å². The average Bonchev–Trinajstić information content (AvgIpc) is 2.69. The summed E-state index contributed by atoms with van der Waals surface area (Å²) in [7, 11) is 3.78. The summed E-state index contributed by atoms with van der Waals surface area (Å²) in [6, 6.07) is 10.3. The van der Waals surface area contributed by atoms with Gasteiger partial charge in [-0.2, -0.15) is 0 Å². The van der Waals surface area contributed by atoms with E-state index in [1.165, 1.54) is 0 Å². The zero-order valence-electron chi connectivity index (χ0n) is 15.5. The van der Waals surface area contributed by atoms with E-state index in [1.807, 2.05) is 37.2 Å². The van der Waals surface area contributed by atoms with E-state index in [-0.39, 0.29) is 24.4 Å². The lowest BCUT2D eigenvalue weighted by molar-refractivity contribution is 0.0315. The lowest BCUT2D eigenvalue weighted by Crippen LogP contribution is -2.55. The molecule has 2 heterocycles. The normalized spacial score (nSPS) is 19.4. The van der Waals surface area contributed by atoms with Crippen LogP contribution in [0.1, 0.15) is 27.1 Å². The van der Waals surface area contributed by atoms with E-state index >= 15 is 0 Å². The number of piperidine rings is 1. The van der Waals surface area contributed by atoms with Gasteiger partial charge in [0.05, 0.1) is 17.7 Å². The van der Waals surface area contributed by atoms with Crippen LogP contribution in [-0.4, -0.2) is 66.1 Å². The van der Waals surface area contributed by atoms with Gasteiger partial charge < -0.3 is 20.2 Å². The van der Waals surface area contributed by atoms with E-state index in [0.717, 1.165) is 5.69 Å². The van der Waals surface area contributed by atoms with Crippen LogP contribution in [0, 0.1) is 0 Å². The lowest BCUT2D eigenvalue weighted by atomic mass is 10.00. The third-order valence-electron chi connectivity index (χ3n) is 4.74. The highest BCUT2D eigenvalue weighted by atomic mass is 16.3. The van der Waals surface area contributed by atoms with E-state index < -0.39 is 6.10 Å². The number of amides is 2. The van der Waals surface area contributed by atoms with Crippen LogP contribution >= 0.6 is 0 Å². The topological polar surface area (TPSA) is 85.8 Å². The summed E-state index contributed by atoms with van der Waals surface area (Å²) in [5.41, 5.74) is 1.94. The summed E-state index contributed by atoms with van der Waals surface area (Å²) in [5, 5.41) is 13.3. The molecule has 2 atom stereocenters. The Balaban J connectivity index is 1.65. The van der Waals surface area contributed by atoms with Crippen molar-refractivity contribution in [1.29, 1.82) is 0 Å². The number of aromatic nitrogens is 1. The summed E-state index contributed by atoms with van der Waals surface area (Å²) in [6.07, 6.45) is 2.78. The second-order valence-electron chi connectivity index (χ2n) is 6.83. The van der Waals surface area contributed by atoms with Crippen molar-refractivity contribution in [2.24, 2.45) is 0 Å². The number of hydrogen-bond donors (Lipinski definition) is 2. The average molecular weight is 368 g/mol. The Morgan fingerprint density at radius 2 is 1.89 bits per heavy atom. The van der Waals surface area contributed by atoms with Gasteiger partial charge in [-0.05, 0) is 30.7 Å².